The van der Waals surface area contributed by atoms with Crippen LogP contribution in [-0.4, -0.2) is 22.4 Å². The van der Waals surface area contributed by atoms with Crippen molar-refractivity contribution in [3.63, 3.8) is 0 Å². The van der Waals surface area contributed by atoms with Crippen molar-refractivity contribution in [2.24, 2.45) is 0 Å². The van der Waals surface area contributed by atoms with Gasteiger partial charge in [0.1, 0.15) is 10.8 Å². The smallest absolute Gasteiger partial charge is 0.217 e. The van der Waals surface area contributed by atoms with Crippen LogP contribution in [0.25, 0.3) is 0 Å². The normalized spacial score (nSPS) is 12.3. The second kappa shape index (κ2) is 11.3. The van der Waals surface area contributed by atoms with E-state index < -0.39 is 6.29 Å². The third-order valence-corrected chi connectivity index (χ3v) is 6.15. The van der Waals surface area contributed by atoms with E-state index in [4.69, 9.17) is 37.7 Å². The van der Waals surface area contributed by atoms with Gasteiger partial charge < -0.3 is 14.0 Å². The van der Waals surface area contributed by atoms with E-state index in [1.165, 1.54) is 11.8 Å². The van der Waals surface area contributed by atoms with E-state index in [0.29, 0.717) is 22.5 Å². The molecule has 3 rings (SSSR count). The van der Waals surface area contributed by atoms with Crippen molar-refractivity contribution in [1.29, 1.82) is 0 Å². The van der Waals surface area contributed by atoms with Crippen LogP contribution in [0.15, 0.2) is 58.5 Å². The van der Waals surface area contributed by atoms with Gasteiger partial charge >= 0.3 is 0 Å². The van der Waals surface area contributed by atoms with Crippen molar-refractivity contribution in [3.8, 4) is 0 Å². The number of aromatic nitrogens is 2. The standard InChI is InChI=1S/C24H26Cl2N2O3S/c1-15(2)21-23(32-20-11-18(25)10-19(26)12-20)28(13-16(3)29)22(27-21)24(30-4)31-14-17-8-6-5-7-9-17/h5-12,15,24H,13-14H2,1-4H3. The van der Waals surface area contributed by atoms with Crippen LogP contribution < -0.4 is 0 Å². The molecular weight excluding hydrogens is 467 g/mol. The third-order valence-electron chi connectivity index (χ3n) is 4.62. The number of rotatable bonds is 10. The highest BCUT2D eigenvalue weighted by Crippen LogP contribution is 2.38. The Morgan fingerprint density at radius 1 is 1.12 bits per heavy atom. The van der Waals surface area contributed by atoms with Crippen molar-refractivity contribution in [3.05, 3.63) is 75.7 Å². The molecule has 0 spiro atoms. The lowest BCUT2D eigenvalue weighted by atomic mass is 10.1. The van der Waals surface area contributed by atoms with Gasteiger partial charge in [0.2, 0.25) is 6.29 Å². The summed E-state index contributed by atoms with van der Waals surface area (Å²) in [6.07, 6.45) is -0.732. The first-order valence-electron chi connectivity index (χ1n) is 10.2. The molecule has 1 heterocycles. The molecule has 8 heteroatoms. The number of imidazole rings is 1. The highest BCUT2D eigenvalue weighted by Gasteiger charge is 2.27. The summed E-state index contributed by atoms with van der Waals surface area (Å²) in [5, 5.41) is 1.93. The molecule has 2 aromatic carbocycles. The number of benzene rings is 2. The summed E-state index contributed by atoms with van der Waals surface area (Å²) >= 11 is 13.9. The minimum Gasteiger partial charge on any atom is -0.349 e. The Labute approximate surface area is 203 Å². The monoisotopic (exact) mass is 492 g/mol. The highest BCUT2D eigenvalue weighted by atomic mass is 35.5. The van der Waals surface area contributed by atoms with E-state index in [1.54, 1.807) is 20.1 Å². The molecule has 0 amide bonds. The number of nitrogens with zero attached hydrogens (tertiary/aromatic N) is 2. The second-order valence-electron chi connectivity index (χ2n) is 7.67. The molecule has 0 bridgehead atoms. The average Bonchev–Trinajstić information content (AvgIpc) is 3.06. The van der Waals surface area contributed by atoms with Gasteiger partial charge in [-0.05, 0) is 36.6 Å². The predicted octanol–water partition coefficient (Wildman–Crippen LogP) is 6.92. The number of hydrogen-bond donors (Lipinski definition) is 0. The lowest BCUT2D eigenvalue weighted by Gasteiger charge is -2.18. The van der Waals surface area contributed by atoms with E-state index in [-0.39, 0.29) is 18.2 Å². The zero-order valence-corrected chi connectivity index (χ0v) is 20.8. The first kappa shape index (κ1) is 24.8. The minimum atomic E-state index is -0.732. The van der Waals surface area contributed by atoms with Crippen molar-refractivity contribution >= 4 is 40.7 Å². The maximum absolute atomic E-state index is 12.2. The number of carbonyl (C=O) groups excluding carboxylic acids is 1. The number of ketones is 1. The Hall–Kier alpha value is -1.83. The van der Waals surface area contributed by atoms with Gasteiger partial charge in [0.25, 0.3) is 0 Å². The fraction of sp³-hybridized carbons (Fsp3) is 0.333. The molecule has 1 aromatic heterocycles. The maximum Gasteiger partial charge on any atom is 0.217 e. The first-order valence-corrected chi connectivity index (χ1v) is 11.8. The molecule has 0 fully saturated rings. The first-order chi connectivity index (χ1) is 15.3. The van der Waals surface area contributed by atoms with Gasteiger partial charge in [-0.15, -0.1) is 0 Å². The van der Waals surface area contributed by atoms with E-state index in [2.05, 4.69) is 13.8 Å². The van der Waals surface area contributed by atoms with E-state index in [0.717, 1.165) is 21.2 Å². The van der Waals surface area contributed by atoms with Gasteiger partial charge in [-0.3, -0.25) is 4.79 Å². The average molecular weight is 493 g/mol. The van der Waals surface area contributed by atoms with Crippen LogP contribution in [0.3, 0.4) is 0 Å². The Balaban J connectivity index is 2.02. The minimum absolute atomic E-state index is 0.00263. The number of ether oxygens (including phenoxy) is 2. The molecule has 0 saturated carbocycles. The molecule has 3 aromatic rings. The summed E-state index contributed by atoms with van der Waals surface area (Å²) in [4.78, 5) is 17.9. The highest BCUT2D eigenvalue weighted by molar-refractivity contribution is 7.99. The number of halogens is 2. The summed E-state index contributed by atoms with van der Waals surface area (Å²) in [6, 6.07) is 15.2. The van der Waals surface area contributed by atoms with Crippen LogP contribution in [0.5, 0.6) is 0 Å². The fourth-order valence-electron chi connectivity index (χ4n) is 3.21. The molecule has 1 atom stereocenters. The van der Waals surface area contributed by atoms with Gasteiger partial charge in [0.15, 0.2) is 5.82 Å². The Bertz CT molecular complexity index is 1050. The summed E-state index contributed by atoms with van der Waals surface area (Å²) in [5.41, 5.74) is 1.87. The predicted molar refractivity (Wildman–Crippen MR) is 129 cm³/mol. The number of carbonyl (C=O) groups is 1. The molecule has 32 heavy (non-hydrogen) atoms. The van der Waals surface area contributed by atoms with Crippen molar-refractivity contribution in [1.82, 2.24) is 9.55 Å². The molecule has 0 aliphatic rings. The van der Waals surface area contributed by atoms with E-state index >= 15 is 0 Å². The summed E-state index contributed by atoms with van der Waals surface area (Å²) in [6.45, 7) is 6.18. The van der Waals surface area contributed by atoms with Crippen LogP contribution >= 0.6 is 35.0 Å². The topological polar surface area (TPSA) is 53.4 Å². The molecule has 0 N–H and O–H groups in total. The number of hydrogen-bond acceptors (Lipinski definition) is 5. The zero-order valence-electron chi connectivity index (χ0n) is 18.5. The van der Waals surface area contributed by atoms with Gasteiger partial charge in [-0.2, -0.15) is 0 Å². The lowest BCUT2D eigenvalue weighted by molar-refractivity contribution is -0.143. The van der Waals surface area contributed by atoms with Crippen LogP contribution in [0.4, 0.5) is 0 Å². The third kappa shape index (κ3) is 6.36. The Morgan fingerprint density at radius 3 is 2.34 bits per heavy atom. The van der Waals surface area contributed by atoms with Crippen LogP contribution in [0, 0.1) is 0 Å². The molecular formula is C24H26Cl2N2O3S. The maximum atomic E-state index is 12.2. The van der Waals surface area contributed by atoms with Gasteiger partial charge in [0, 0.05) is 22.1 Å². The lowest BCUT2D eigenvalue weighted by Crippen LogP contribution is -2.17. The quantitative estimate of drug-likeness (QED) is 0.287. The van der Waals surface area contributed by atoms with Crippen molar-refractivity contribution in [2.75, 3.05) is 7.11 Å². The largest absolute Gasteiger partial charge is 0.349 e. The van der Waals surface area contributed by atoms with Crippen LogP contribution in [0.1, 0.15) is 50.1 Å². The summed E-state index contributed by atoms with van der Waals surface area (Å²) in [5.74, 6) is 0.673. The second-order valence-corrected chi connectivity index (χ2v) is 9.61. The summed E-state index contributed by atoms with van der Waals surface area (Å²) in [7, 11) is 1.57. The van der Waals surface area contributed by atoms with Crippen LogP contribution in [0.2, 0.25) is 10.0 Å². The zero-order chi connectivity index (χ0) is 23.3. The van der Waals surface area contributed by atoms with Crippen molar-refractivity contribution in [2.45, 2.75) is 56.1 Å². The molecule has 170 valence electrons. The van der Waals surface area contributed by atoms with E-state index in [1.807, 2.05) is 47.0 Å². The van der Waals surface area contributed by atoms with Gasteiger partial charge in [0.05, 0.1) is 18.8 Å². The SMILES string of the molecule is COC(OCc1ccccc1)c1nc(C(C)C)c(Sc2cc(Cl)cc(Cl)c2)n1CC(C)=O. The fourth-order valence-corrected chi connectivity index (χ4v) is 5.11. The Kier molecular flexibility index (Phi) is 8.79. The molecule has 1 unspecified atom stereocenters. The van der Waals surface area contributed by atoms with Crippen molar-refractivity contribution < 1.29 is 14.3 Å². The molecule has 0 radical (unpaired) electrons. The van der Waals surface area contributed by atoms with Gasteiger partial charge in [-0.25, -0.2) is 4.98 Å². The molecule has 0 aliphatic heterocycles. The number of Topliss-reactive ketones (excluding diaryl/α,β-unsaturated/α-hetero) is 1. The number of methoxy groups -OCH3 is 1. The van der Waals surface area contributed by atoms with E-state index in [9.17, 15) is 4.79 Å². The molecule has 5 nitrogen and oxygen atoms in total. The Morgan fingerprint density at radius 2 is 1.78 bits per heavy atom. The van der Waals surface area contributed by atoms with Crippen LogP contribution in [-0.2, 0) is 27.4 Å². The van der Waals surface area contributed by atoms with Gasteiger partial charge in [-0.1, -0.05) is 79.1 Å². The molecule has 0 aliphatic carbocycles. The summed E-state index contributed by atoms with van der Waals surface area (Å²) < 4.78 is 13.6. The molecule has 0 saturated heterocycles.